The molecule has 2 fully saturated rings. The van der Waals surface area contributed by atoms with Gasteiger partial charge < -0.3 is 10.1 Å². The van der Waals surface area contributed by atoms with Gasteiger partial charge in [-0.2, -0.15) is 0 Å². The van der Waals surface area contributed by atoms with Crippen LogP contribution in [0.15, 0.2) is 0 Å². The molecule has 1 saturated heterocycles. The fourth-order valence-electron chi connectivity index (χ4n) is 2.87. The summed E-state index contributed by atoms with van der Waals surface area (Å²) in [6.45, 7) is 11.1. The molecule has 0 aromatic rings. The molecule has 1 atom stereocenters. The molecule has 1 aliphatic heterocycles. The van der Waals surface area contributed by atoms with Gasteiger partial charge in [0.05, 0.1) is 11.2 Å². The minimum atomic E-state index is 0.0401. The van der Waals surface area contributed by atoms with Gasteiger partial charge in [0.25, 0.3) is 0 Å². The van der Waals surface area contributed by atoms with Crippen molar-refractivity contribution < 1.29 is 4.74 Å². The molecular weight excluding hydrogens is 174 g/mol. The monoisotopic (exact) mass is 197 g/mol. The van der Waals surface area contributed by atoms with Gasteiger partial charge in [-0.3, -0.25) is 0 Å². The lowest BCUT2D eigenvalue weighted by Gasteiger charge is -2.55. The molecule has 0 radical (unpaired) electrons. The van der Waals surface area contributed by atoms with E-state index in [1.807, 2.05) is 0 Å². The van der Waals surface area contributed by atoms with E-state index in [1.165, 1.54) is 12.8 Å². The molecule has 0 aromatic carbocycles. The van der Waals surface area contributed by atoms with Crippen molar-refractivity contribution in [2.24, 2.45) is 11.8 Å². The summed E-state index contributed by atoms with van der Waals surface area (Å²) in [6, 6.07) is 0. The smallest absolute Gasteiger partial charge is 0.0819 e. The van der Waals surface area contributed by atoms with Crippen LogP contribution in [0.1, 0.15) is 40.5 Å². The van der Waals surface area contributed by atoms with E-state index in [9.17, 15) is 0 Å². The van der Waals surface area contributed by atoms with Crippen molar-refractivity contribution in [1.29, 1.82) is 0 Å². The van der Waals surface area contributed by atoms with Gasteiger partial charge >= 0.3 is 0 Å². The van der Waals surface area contributed by atoms with Crippen LogP contribution in [-0.4, -0.2) is 24.3 Å². The number of ether oxygens (including phenoxy) is 1. The summed E-state index contributed by atoms with van der Waals surface area (Å²) in [5.41, 5.74) is 0.217. The van der Waals surface area contributed by atoms with Crippen molar-refractivity contribution in [1.82, 2.24) is 5.32 Å². The van der Waals surface area contributed by atoms with E-state index in [0.717, 1.165) is 19.0 Å². The first kappa shape index (κ1) is 10.4. The largest absolute Gasteiger partial charge is 0.366 e. The zero-order chi connectivity index (χ0) is 10.4. The number of nitrogens with one attached hydrogen (secondary N) is 1. The Bertz CT molecular complexity index is 215. The highest BCUT2D eigenvalue weighted by atomic mass is 16.5. The molecule has 14 heavy (non-hydrogen) atoms. The highest BCUT2D eigenvalue weighted by molar-refractivity contribution is 5.02. The minimum Gasteiger partial charge on any atom is -0.366 e. The van der Waals surface area contributed by atoms with Gasteiger partial charge in [0.1, 0.15) is 0 Å². The quantitative estimate of drug-likeness (QED) is 0.696. The van der Waals surface area contributed by atoms with Crippen molar-refractivity contribution in [2.75, 3.05) is 13.1 Å². The van der Waals surface area contributed by atoms with Gasteiger partial charge in [-0.15, -0.1) is 0 Å². The Morgan fingerprint density at radius 2 is 1.93 bits per heavy atom. The average Bonchev–Trinajstić information content (AvgIpc) is 2.01. The van der Waals surface area contributed by atoms with E-state index in [-0.39, 0.29) is 11.2 Å². The van der Waals surface area contributed by atoms with E-state index in [1.54, 1.807) is 0 Å². The van der Waals surface area contributed by atoms with Crippen LogP contribution in [0.3, 0.4) is 0 Å². The van der Waals surface area contributed by atoms with Crippen molar-refractivity contribution in [2.45, 2.75) is 51.7 Å². The van der Waals surface area contributed by atoms with Crippen LogP contribution in [0.2, 0.25) is 0 Å². The van der Waals surface area contributed by atoms with Gasteiger partial charge in [-0.05, 0) is 31.6 Å². The van der Waals surface area contributed by atoms with Crippen molar-refractivity contribution >= 4 is 0 Å². The molecule has 2 rings (SSSR count). The average molecular weight is 197 g/mol. The summed E-state index contributed by atoms with van der Waals surface area (Å²) in [5, 5.41) is 3.54. The highest BCUT2D eigenvalue weighted by Crippen LogP contribution is 2.45. The predicted octanol–water partition coefficient (Wildman–Crippen LogP) is 2.19. The van der Waals surface area contributed by atoms with Crippen LogP contribution in [0.5, 0.6) is 0 Å². The summed E-state index contributed by atoms with van der Waals surface area (Å²) in [6.07, 6.45) is 2.48. The molecule has 1 unspecified atom stereocenters. The SMILES string of the molecule is CC1CC2(CNCC(C)(C(C)C)O2)C1. The summed E-state index contributed by atoms with van der Waals surface area (Å²) < 4.78 is 6.37. The highest BCUT2D eigenvalue weighted by Gasteiger charge is 2.50. The van der Waals surface area contributed by atoms with Gasteiger partial charge in [0.2, 0.25) is 0 Å². The molecule has 1 heterocycles. The molecule has 2 heteroatoms. The second-order valence-electron chi connectivity index (χ2n) is 5.87. The van der Waals surface area contributed by atoms with Gasteiger partial charge in [-0.1, -0.05) is 20.8 Å². The molecule has 82 valence electrons. The lowest BCUT2D eigenvalue weighted by molar-refractivity contribution is -0.231. The molecule has 1 N–H and O–H groups in total. The zero-order valence-corrected chi connectivity index (χ0v) is 9.89. The van der Waals surface area contributed by atoms with Gasteiger partial charge in [0, 0.05) is 13.1 Å². The third-order valence-electron chi connectivity index (χ3n) is 4.04. The maximum Gasteiger partial charge on any atom is 0.0819 e. The topological polar surface area (TPSA) is 21.3 Å². The third kappa shape index (κ3) is 1.59. The third-order valence-corrected chi connectivity index (χ3v) is 4.04. The molecule has 1 spiro atoms. The first-order valence-corrected chi connectivity index (χ1v) is 5.87. The number of hydrogen-bond acceptors (Lipinski definition) is 2. The first-order valence-electron chi connectivity index (χ1n) is 5.87. The van der Waals surface area contributed by atoms with Crippen LogP contribution in [-0.2, 0) is 4.74 Å². The standard InChI is InChI=1S/C12H23NO/c1-9(2)11(4)7-13-8-12(14-11)5-10(3)6-12/h9-10,13H,5-8H2,1-4H3. The van der Waals surface area contributed by atoms with Crippen LogP contribution >= 0.6 is 0 Å². The minimum absolute atomic E-state index is 0.0401. The van der Waals surface area contributed by atoms with Crippen molar-refractivity contribution in [3.05, 3.63) is 0 Å². The van der Waals surface area contributed by atoms with Gasteiger partial charge in [-0.25, -0.2) is 0 Å². The Labute approximate surface area is 87.4 Å². The summed E-state index contributed by atoms with van der Waals surface area (Å²) in [4.78, 5) is 0. The van der Waals surface area contributed by atoms with E-state index in [2.05, 4.69) is 33.0 Å². The zero-order valence-electron chi connectivity index (χ0n) is 9.89. The molecule has 0 bridgehead atoms. The number of morpholine rings is 1. The number of hydrogen-bond donors (Lipinski definition) is 1. The van der Waals surface area contributed by atoms with E-state index in [4.69, 9.17) is 4.74 Å². The maximum atomic E-state index is 6.37. The van der Waals surface area contributed by atoms with Crippen LogP contribution in [0, 0.1) is 11.8 Å². The normalized spacial score (nSPS) is 48.2. The second-order valence-corrected chi connectivity index (χ2v) is 5.87. The van der Waals surface area contributed by atoms with E-state index in [0.29, 0.717) is 5.92 Å². The van der Waals surface area contributed by atoms with Crippen LogP contribution in [0.25, 0.3) is 0 Å². The fourth-order valence-corrected chi connectivity index (χ4v) is 2.87. The maximum absolute atomic E-state index is 6.37. The Balaban J connectivity index is 2.04. The van der Waals surface area contributed by atoms with E-state index >= 15 is 0 Å². The van der Waals surface area contributed by atoms with Crippen LogP contribution < -0.4 is 5.32 Å². The lowest BCUT2D eigenvalue weighted by atomic mass is 9.70. The molecule has 2 aliphatic rings. The van der Waals surface area contributed by atoms with E-state index < -0.39 is 0 Å². The number of rotatable bonds is 1. The van der Waals surface area contributed by atoms with Crippen molar-refractivity contribution in [3.8, 4) is 0 Å². The summed E-state index contributed by atoms with van der Waals surface area (Å²) in [5.74, 6) is 1.44. The molecule has 1 saturated carbocycles. The molecule has 1 aliphatic carbocycles. The fraction of sp³-hybridized carbons (Fsp3) is 1.00. The van der Waals surface area contributed by atoms with Gasteiger partial charge in [0.15, 0.2) is 0 Å². The first-order chi connectivity index (χ1) is 6.46. The Morgan fingerprint density at radius 3 is 2.43 bits per heavy atom. The Hall–Kier alpha value is -0.0800. The lowest BCUT2D eigenvalue weighted by Crippen LogP contribution is -2.65. The second kappa shape index (κ2) is 3.21. The molecular formula is C12H23NO. The molecule has 2 nitrogen and oxygen atoms in total. The molecule has 0 aromatic heterocycles. The Kier molecular flexibility index (Phi) is 2.39. The summed E-state index contributed by atoms with van der Waals surface area (Å²) >= 11 is 0. The summed E-state index contributed by atoms with van der Waals surface area (Å²) in [7, 11) is 0. The predicted molar refractivity (Wildman–Crippen MR) is 58.3 cm³/mol. The Morgan fingerprint density at radius 1 is 1.29 bits per heavy atom. The van der Waals surface area contributed by atoms with Crippen LogP contribution in [0.4, 0.5) is 0 Å². The van der Waals surface area contributed by atoms with Crippen molar-refractivity contribution in [3.63, 3.8) is 0 Å². The molecule has 0 amide bonds.